The number of aryl methyl sites for hydroxylation is 1. The van der Waals surface area contributed by atoms with Crippen molar-refractivity contribution in [2.75, 3.05) is 26.2 Å². The number of nitrogens with one attached hydrogen (secondary N) is 1. The molecule has 1 N–H and O–H groups in total. The summed E-state index contributed by atoms with van der Waals surface area (Å²) in [5.74, 6) is 1.76. The van der Waals surface area contributed by atoms with Crippen molar-refractivity contribution in [2.24, 2.45) is 0 Å². The smallest absolute Gasteiger partial charge is 0.258 e. The number of carbonyl (C=O) groups is 1. The van der Waals surface area contributed by atoms with Crippen LogP contribution in [0.2, 0.25) is 0 Å². The van der Waals surface area contributed by atoms with Crippen molar-refractivity contribution >= 4 is 16.8 Å². The van der Waals surface area contributed by atoms with Gasteiger partial charge in [-0.05, 0) is 56.0 Å². The topological polar surface area (TPSA) is 78.5 Å². The number of rotatable bonds is 4. The van der Waals surface area contributed by atoms with Crippen LogP contribution >= 0.6 is 0 Å². The molecule has 33 heavy (non-hydrogen) atoms. The largest absolute Gasteiger partial charge is 0.488 e. The van der Waals surface area contributed by atoms with Crippen LogP contribution < -0.4 is 10.3 Å². The van der Waals surface area contributed by atoms with E-state index in [-0.39, 0.29) is 17.1 Å². The summed E-state index contributed by atoms with van der Waals surface area (Å²) in [6, 6.07) is 13.5. The summed E-state index contributed by atoms with van der Waals surface area (Å²) >= 11 is 0. The first-order chi connectivity index (χ1) is 15.9. The summed E-state index contributed by atoms with van der Waals surface area (Å²) in [4.78, 5) is 36.9. The number of hydrogen-bond donors (Lipinski definition) is 1. The molecule has 2 aromatic carbocycles. The van der Waals surface area contributed by atoms with Crippen LogP contribution in [0.25, 0.3) is 10.9 Å². The SMILES string of the molecule is CC1(C)CCc2cc(CC(=O)N3CCN(Cc4nc5ccccc5c(=O)[nH]4)CC3)ccc2O1. The van der Waals surface area contributed by atoms with Gasteiger partial charge in [0.2, 0.25) is 5.91 Å². The molecule has 0 radical (unpaired) electrons. The highest BCUT2D eigenvalue weighted by Crippen LogP contribution is 2.33. The predicted octanol–water partition coefficient (Wildman–Crippen LogP) is 2.91. The number of hydrogen-bond acceptors (Lipinski definition) is 5. The van der Waals surface area contributed by atoms with E-state index < -0.39 is 0 Å². The number of carbonyl (C=O) groups excluding carboxylic acids is 1. The van der Waals surface area contributed by atoms with Crippen LogP contribution in [0.5, 0.6) is 5.75 Å². The van der Waals surface area contributed by atoms with Crippen molar-refractivity contribution < 1.29 is 9.53 Å². The Bertz CT molecular complexity index is 1240. The fourth-order valence-electron chi connectivity index (χ4n) is 4.69. The molecule has 0 saturated carbocycles. The molecule has 0 spiro atoms. The Kier molecular flexibility index (Phi) is 5.66. The zero-order valence-electron chi connectivity index (χ0n) is 19.3. The maximum absolute atomic E-state index is 12.9. The third-order valence-corrected chi connectivity index (χ3v) is 6.62. The van der Waals surface area contributed by atoms with E-state index in [9.17, 15) is 9.59 Å². The number of fused-ring (bicyclic) bond motifs is 2. The molecule has 2 aliphatic rings. The fourth-order valence-corrected chi connectivity index (χ4v) is 4.69. The minimum Gasteiger partial charge on any atom is -0.488 e. The average Bonchev–Trinajstić information content (AvgIpc) is 2.79. The van der Waals surface area contributed by atoms with Gasteiger partial charge in [-0.3, -0.25) is 14.5 Å². The van der Waals surface area contributed by atoms with Gasteiger partial charge in [-0.15, -0.1) is 0 Å². The second kappa shape index (κ2) is 8.63. The standard InChI is InChI=1S/C26H30N4O3/c1-26(2)10-9-19-15-18(7-8-22(19)33-26)16-24(31)30-13-11-29(12-14-30)17-23-27-21-6-4-3-5-20(21)25(32)28-23/h3-8,15H,9-14,16-17H2,1-2H3,(H,27,28,32). The number of ether oxygens (including phenoxy) is 1. The van der Waals surface area contributed by atoms with Crippen molar-refractivity contribution in [2.45, 2.75) is 45.3 Å². The summed E-state index contributed by atoms with van der Waals surface area (Å²) in [7, 11) is 0. The number of benzene rings is 2. The summed E-state index contributed by atoms with van der Waals surface area (Å²) in [5, 5.41) is 0.606. The molecular formula is C26H30N4O3. The quantitative estimate of drug-likeness (QED) is 0.667. The van der Waals surface area contributed by atoms with Crippen LogP contribution in [-0.2, 0) is 24.2 Å². The Labute approximate surface area is 193 Å². The maximum atomic E-state index is 12.9. The Hall–Kier alpha value is -3.19. The Balaban J connectivity index is 1.17. The molecule has 1 saturated heterocycles. The number of para-hydroxylation sites is 1. The van der Waals surface area contributed by atoms with Crippen molar-refractivity contribution in [1.29, 1.82) is 0 Å². The summed E-state index contributed by atoms with van der Waals surface area (Å²) in [5.41, 5.74) is 2.72. The van der Waals surface area contributed by atoms with Gasteiger partial charge in [0, 0.05) is 26.2 Å². The van der Waals surface area contributed by atoms with Crippen molar-refractivity contribution in [3.05, 3.63) is 69.8 Å². The van der Waals surface area contributed by atoms with Gasteiger partial charge in [-0.2, -0.15) is 0 Å². The molecule has 1 fully saturated rings. The lowest BCUT2D eigenvalue weighted by Crippen LogP contribution is -2.49. The van der Waals surface area contributed by atoms with E-state index in [4.69, 9.17) is 4.74 Å². The van der Waals surface area contributed by atoms with E-state index in [1.54, 1.807) is 6.07 Å². The normalized spacial score (nSPS) is 18.1. The van der Waals surface area contributed by atoms with Crippen molar-refractivity contribution in [3.8, 4) is 5.75 Å². The van der Waals surface area contributed by atoms with Gasteiger partial charge in [-0.25, -0.2) is 4.98 Å². The Morgan fingerprint density at radius 3 is 2.73 bits per heavy atom. The second-order valence-corrected chi connectivity index (χ2v) is 9.67. The van der Waals surface area contributed by atoms with Gasteiger partial charge in [0.1, 0.15) is 17.2 Å². The number of aromatic nitrogens is 2. The molecule has 3 aromatic rings. The van der Waals surface area contributed by atoms with Crippen LogP contribution in [0.3, 0.4) is 0 Å². The van der Waals surface area contributed by atoms with Crippen LogP contribution in [0.1, 0.15) is 37.2 Å². The van der Waals surface area contributed by atoms with Gasteiger partial charge in [0.15, 0.2) is 0 Å². The third-order valence-electron chi connectivity index (χ3n) is 6.62. The summed E-state index contributed by atoms with van der Waals surface area (Å²) in [6.07, 6.45) is 2.38. The molecule has 0 unspecified atom stereocenters. The maximum Gasteiger partial charge on any atom is 0.258 e. The monoisotopic (exact) mass is 446 g/mol. The molecule has 7 heteroatoms. The molecule has 1 aromatic heterocycles. The molecule has 172 valence electrons. The first kappa shape index (κ1) is 21.6. The highest BCUT2D eigenvalue weighted by atomic mass is 16.5. The molecule has 0 aliphatic carbocycles. The van der Waals surface area contributed by atoms with Crippen LogP contribution in [0, 0.1) is 0 Å². The van der Waals surface area contributed by atoms with E-state index in [1.165, 1.54) is 5.56 Å². The number of H-pyrrole nitrogens is 1. The molecule has 5 rings (SSSR count). The lowest BCUT2D eigenvalue weighted by Gasteiger charge is -2.35. The summed E-state index contributed by atoms with van der Waals surface area (Å²) in [6.45, 7) is 7.67. The van der Waals surface area contributed by atoms with Gasteiger partial charge >= 0.3 is 0 Å². The van der Waals surface area contributed by atoms with Crippen molar-refractivity contribution in [1.82, 2.24) is 19.8 Å². The van der Waals surface area contributed by atoms with E-state index in [0.29, 0.717) is 42.8 Å². The van der Waals surface area contributed by atoms with Crippen LogP contribution in [0.4, 0.5) is 0 Å². The number of amides is 1. The molecule has 1 amide bonds. The number of nitrogens with zero attached hydrogens (tertiary/aromatic N) is 3. The van der Waals surface area contributed by atoms with E-state index in [1.807, 2.05) is 35.2 Å². The molecule has 0 bridgehead atoms. The number of piperazine rings is 1. The zero-order valence-corrected chi connectivity index (χ0v) is 19.3. The zero-order chi connectivity index (χ0) is 23.0. The van der Waals surface area contributed by atoms with E-state index >= 15 is 0 Å². The van der Waals surface area contributed by atoms with E-state index in [0.717, 1.165) is 37.2 Å². The van der Waals surface area contributed by atoms with Gasteiger partial charge < -0.3 is 14.6 Å². The molecule has 3 heterocycles. The first-order valence-corrected chi connectivity index (χ1v) is 11.7. The minimum absolute atomic E-state index is 0.108. The minimum atomic E-state index is -0.126. The molecule has 0 atom stereocenters. The molecule has 7 nitrogen and oxygen atoms in total. The highest BCUT2D eigenvalue weighted by Gasteiger charge is 2.27. The summed E-state index contributed by atoms with van der Waals surface area (Å²) < 4.78 is 6.06. The Morgan fingerprint density at radius 1 is 1.12 bits per heavy atom. The first-order valence-electron chi connectivity index (χ1n) is 11.7. The average molecular weight is 447 g/mol. The lowest BCUT2D eigenvalue weighted by atomic mass is 9.93. The van der Waals surface area contributed by atoms with Gasteiger partial charge in [-0.1, -0.05) is 24.3 Å². The molecular weight excluding hydrogens is 416 g/mol. The van der Waals surface area contributed by atoms with Gasteiger partial charge in [0.25, 0.3) is 5.56 Å². The van der Waals surface area contributed by atoms with E-state index in [2.05, 4.69) is 34.8 Å². The predicted molar refractivity (Wildman–Crippen MR) is 127 cm³/mol. The van der Waals surface area contributed by atoms with Crippen LogP contribution in [0.15, 0.2) is 47.3 Å². The third kappa shape index (κ3) is 4.78. The number of aromatic amines is 1. The lowest BCUT2D eigenvalue weighted by molar-refractivity contribution is -0.132. The fraction of sp³-hybridized carbons (Fsp3) is 0.423. The van der Waals surface area contributed by atoms with Crippen LogP contribution in [-0.4, -0.2) is 57.5 Å². The Morgan fingerprint density at radius 2 is 1.91 bits per heavy atom. The highest BCUT2D eigenvalue weighted by molar-refractivity contribution is 5.79. The van der Waals surface area contributed by atoms with Crippen molar-refractivity contribution in [3.63, 3.8) is 0 Å². The van der Waals surface area contributed by atoms with Gasteiger partial charge in [0.05, 0.1) is 23.9 Å². The second-order valence-electron chi connectivity index (χ2n) is 9.67. The molecule has 2 aliphatic heterocycles.